The number of aromatic nitrogens is 3. The van der Waals surface area contributed by atoms with Crippen LogP contribution in [-0.2, 0) is 0 Å². The molecule has 0 spiro atoms. The number of hydrogen-bond acceptors (Lipinski definition) is 3. The third-order valence-electron chi connectivity index (χ3n) is 11.8. The first-order valence-corrected chi connectivity index (χ1v) is 21.8. The Labute approximate surface area is 375 Å². The Bertz CT molecular complexity index is 3240. The molecule has 0 saturated carbocycles. The molecule has 1 aromatic heterocycles. The molecule has 64 heavy (non-hydrogen) atoms. The monoisotopic (exact) mass is 819 g/mol. The summed E-state index contributed by atoms with van der Waals surface area (Å²) in [5, 5.41) is 2.19. The summed E-state index contributed by atoms with van der Waals surface area (Å²) in [4.78, 5) is 15.4. The molecule has 9 aromatic carbocycles. The highest BCUT2D eigenvalue weighted by atomic mass is 15.0. The van der Waals surface area contributed by atoms with Crippen molar-refractivity contribution in [2.45, 2.75) is 13.8 Å². The van der Waals surface area contributed by atoms with Gasteiger partial charge in [-0.1, -0.05) is 212 Å². The van der Waals surface area contributed by atoms with Crippen molar-refractivity contribution in [3.05, 3.63) is 242 Å². The minimum Gasteiger partial charge on any atom is -0.208 e. The molecule has 3 nitrogen and oxygen atoms in total. The molecule has 0 saturated heterocycles. The van der Waals surface area contributed by atoms with Crippen LogP contribution in [0.4, 0.5) is 0 Å². The highest BCUT2D eigenvalue weighted by Crippen LogP contribution is 2.49. The molecule has 0 aliphatic carbocycles. The maximum Gasteiger partial charge on any atom is 0.164 e. The number of nitrogens with zero attached hydrogens (tertiary/aromatic N) is 3. The third kappa shape index (κ3) is 7.99. The lowest BCUT2D eigenvalue weighted by atomic mass is 9.78. The average Bonchev–Trinajstić information content (AvgIpc) is 3.38. The van der Waals surface area contributed by atoms with Gasteiger partial charge in [0.15, 0.2) is 17.5 Å². The second-order valence-electron chi connectivity index (χ2n) is 15.9. The molecule has 304 valence electrons. The SMILES string of the molecule is C/C=C\C=C(/C)c1c(-c2ccccc2)cc(-c2cccc(-c3cc(-c4nc(-c5ccccc5)nc(-c5ccccc5)n4)c4ccccc4c3)c2)c(-c2ccccc2)c1-c1ccccc1. The first-order valence-electron chi connectivity index (χ1n) is 21.8. The van der Waals surface area contributed by atoms with Crippen molar-refractivity contribution in [3.8, 4) is 89.8 Å². The summed E-state index contributed by atoms with van der Waals surface area (Å²) in [5.74, 6) is 1.90. The maximum absolute atomic E-state index is 5.18. The molecule has 0 aliphatic rings. The van der Waals surface area contributed by atoms with Gasteiger partial charge in [-0.05, 0) is 116 Å². The van der Waals surface area contributed by atoms with Crippen LogP contribution in [0.2, 0.25) is 0 Å². The van der Waals surface area contributed by atoms with Crippen LogP contribution < -0.4 is 0 Å². The van der Waals surface area contributed by atoms with Crippen LogP contribution in [0.1, 0.15) is 19.4 Å². The lowest BCUT2D eigenvalue weighted by molar-refractivity contribution is 1.08. The molecule has 0 fully saturated rings. The minimum atomic E-state index is 0.630. The topological polar surface area (TPSA) is 38.7 Å². The zero-order valence-corrected chi connectivity index (χ0v) is 35.9. The Hall–Kier alpha value is -8.27. The number of fused-ring (bicyclic) bond motifs is 1. The standard InChI is InChI=1S/C61H45N3/c1-3-4-23-42(2)56-53(43-24-10-5-11-25-43)41-54(57(44-26-12-6-13-27-44)58(56)45-28-14-7-15-29-45)50-36-22-35-48(38-50)51-39-49-34-20-21-37-52(49)55(40-51)61-63-59(46-30-16-8-17-31-46)62-60(64-61)47-32-18-9-19-33-47/h3-41H,1-2H3/b4-3-,42-23+. The van der Waals surface area contributed by atoms with Gasteiger partial charge in [0.2, 0.25) is 0 Å². The van der Waals surface area contributed by atoms with E-state index < -0.39 is 0 Å². The smallest absolute Gasteiger partial charge is 0.164 e. The largest absolute Gasteiger partial charge is 0.208 e. The molecular formula is C61H45N3. The van der Waals surface area contributed by atoms with Gasteiger partial charge in [-0.3, -0.25) is 0 Å². The Morgan fingerprint density at radius 1 is 0.359 bits per heavy atom. The van der Waals surface area contributed by atoms with Crippen molar-refractivity contribution >= 4 is 16.3 Å². The highest BCUT2D eigenvalue weighted by Gasteiger charge is 2.24. The van der Waals surface area contributed by atoms with Crippen molar-refractivity contribution in [2.75, 3.05) is 0 Å². The van der Waals surface area contributed by atoms with Gasteiger partial charge in [-0.25, -0.2) is 15.0 Å². The van der Waals surface area contributed by atoms with Crippen molar-refractivity contribution in [3.63, 3.8) is 0 Å². The number of rotatable bonds is 10. The molecule has 10 rings (SSSR count). The van der Waals surface area contributed by atoms with Gasteiger partial charge in [0.1, 0.15) is 0 Å². The van der Waals surface area contributed by atoms with E-state index >= 15 is 0 Å². The highest BCUT2D eigenvalue weighted by molar-refractivity contribution is 6.05. The van der Waals surface area contributed by atoms with Gasteiger partial charge in [0, 0.05) is 16.7 Å². The van der Waals surface area contributed by atoms with Crippen LogP contribution in [0.15, 0.2) is 237 Å². The number of hydrogen-bond donors (Lipinski definition) is 0. The third-order valence-corrected chi connectivity index (χ3v) is 11.8. The van der Waals surface area contributed by atoms with Crippen LogP contribution in [0.25, 0.3) is 106 Å². The van der Waals surface area contributed by atoms with E-state index in [9.17, 15) is 0 Å². The predicted molar refractivity (Wildman–Crippen MR) is 269 cm³/mol. The minimum absolute atomic E-state index is 0.630. The van der Waals surface area contributed by atoms with Gasteiger partial charge >= 0.3 is 0 Å². The zero-order valence-electron chi connectivity index (χ0n) is 35.9. The number of allylic oxidation sites excluding steroid dienone is 4. The van der Waals surface area contributed by atoms with E-state index in [1.54, 1.807) is 0 Å². The van der Waals surface area contributed by atoms with E-state index in [4.69, 9.17) is 15.0 Å². The Kier molecular flexibility index (Phi) is 11.2. The fourth-order valence-electron chi connectivity index (χ4n) is 8.75. The van der Waals surface area contributed by atoms with Crippen LogP contribution in [0, 0.1) is 0 Å². The van der Waals surface area contributed by atoms with E-state index in [0.717, 1.165) is 55.3 Å². The number of benzene rings is 9. The summed E-state index contributed by atoms with van der Waals surface area (Å²) >= 11 is 0. The summed E-state index contributed by atoms with van der Waals surface area (Å²) in [6.45, 7) is 4.30. The van der Waals surface area contributed by atoms with E-state index in [1.165, 1.54) is 39.0 Å². The molecule has 0 radical (unpaired) electrons. The van der Waals surface area contributed by atoms with E-state index in [0.29, 0.717) is 17.5 Å². The van der Waals surface area contributed by atoms with Crippen LogP contribution in [0.5, 0.6) is 0 Å². The lowest BCUT2D eigenvalue weighted by Gasteiger charge is -2.25. The Balaban J connectivity index is 1.23. The average molecular weight is 820 g/mol. The molecule has 0 amide bonds. The van der Waals surface area contributed by atoms with Gasteiger partial charge in [-0.2, -0.15) is 0 Å². The molecule has 3 heteroatoms. The molecule has 0 atom stereocenters. The summed E-state index contributed by atoms with van der Waals surface area (Å²) in [6.07, 6.45) is 6.46. The zero-order chi connectivity index (χ0) is 43.2. The maximum atomic E-state index is 5.18. The fraction of sp³-hybridized carbons (Fsp3) is 0.0328. The van der Waals surface area contributed by atoms with Crippen LogP contribution >= 0.6 is 0 Å². The molecule has 0 N–H and O–H groups in total. The molecule has 10 aromatic rings. The van der Waals surface area contributed by atoms with Gasteiger partial charge in [0.05, 0.1) is 0 Å². The Morgan fingerprint density at radius 3 is 1.44 bits per heavy atom. The predicted octanol–water partition coefficient (Wildman–Crippen LogP) is 16.3. The quantitative estimate of drug-likeness (QED) is 0.129. The normalized spacial score (nSPS) is 11.6. The summed E-state index contributed by atoms with van der Waals surface area (Å²) in [6, 6.07) is 77.3. The van der Waals surface area contributed by atoms with Crippen LogP contribution in [0.3, 0.4) is 0 Å². The van der Waals surface area contributed by atoms with Crippen molar-refractivity contribution in [1.82, 2.24) is 15.0 Å². The van der Waals surface area contributed by atoms with Crippen LogP contribution in [-0.4, -0.2) is 15.0 Å². The second kappa shape index (κ2) is 18.0. The van der Waals surface area contributed by atoms with Gasteiger partial charge in [-0.15, -0.1) is 0 Å². The molecule has 0 bridgehead atoms. The Morgan fingerprint density at radius 2 is 0.844 bits per heavy atom. The van der Waals surface area contributed by atoms with Gasteiger partial charge < -0.3 is 0 Å². The second-order valence-corrected chi connectivity index (χ2v) is 15.9. The molecule has 0 aliphatic heterocycles. The summed E-state index contributed by atoms with van der Waals surface area (Å²) in [5.41, 5.74) is 16.8. The fourth-order valence-corrected chi connectivity index (χ4v) is 8.75. The van der Waals surface area contributed by atoms with E-state index in [-0.39, 0.29) is 0 Å². The molecular weight excluding hydrogens is 775 g/mol. The van der Waals surface area contributed by atoms with Crippen molar-refractivity contribution in [1.29, 1.82) is 0 Å². The van der Waals surface area contributed by atoms with Gasteiger partial charge in [0.25, 0.3) is 0 Å². The molecule has 1 heterocycles. The molecule has 0 unspecified atom stereocenters. The summed E-state index contributed by atoms with van der Waals surface area (Å²) in [7, 11) is 0. The lowest BCUT2D eigenvalue weighted by Crippen LogP contribution is -2.01. The van der Waals surface area contributed by atoms with Crippen molar-refractivity contribution in [2.24, 2.45) is 0 Å². The summed E-state index contributed by atoms with van der Waals surface area (Å²) < 4.78 is 0. The first-order chi connectivity index (χ1) is 31.6. The first kappa shape index (κ1) is 39.8. The van der Waals surface area contributed by atoms with E-state index in [1.807, 2.05) is 36.4 Å². The van der Waals surface area contributed by atoms with Crippen molar-refractivity contribution < 1.29 is 0 Å². The van der Waals surface area contributed by atoms with E-state index in [2.05, 4.69) is 214 Å².